The number of carbonyl (C=O) groups excluding carboxylic acids is 1. The maximum Gasteiger partial charge on any atom is 0.241 e. The van der Waals surface area contributed by atoms with E-state index in [9.17, 15) is 4.79 Å². The summed E-state index contributed by atoms with van der Waals surface area (Å²) in [6, 6.07) is 2.11. The SMILES string of the molecule is CCCC1NC(c2ccsc2)N(CCSC)C1=O. The van der Waals surface area contributed by atoms with E-state index >= 15 is 0 Å². The van der Waals surface area contributed by atoms with Gasteiger partial charge in [0.25, 0.3) is 0 Å². The number of hydrogen-bond acceptors (Lipinski definition) is 4. The van der Waals surface area contributed by atoms with E-state index in [2.05, 4.69) is 35.3 Å². The monoisotopic (exact) mass is 284 g/mol. The predicted molar refractivity (Wildman–Crippen MR) is 79.0 cm³/mol. The molecule has 0 aliphatic carbocycles. The van der Waals surface area contributed by atoms with Gasteiger partial charge in [0.2, 0.25) is 5.91 Å². The molecule has 1 aromatic heterocycles. The fourth-order valence-electron chi connectivity index (χ4n) is 2.31. The number of thiophene rings is 1. The summed E-state index contributed by atoms with van der Waals surface area (Å²) in [7, 11) is 0. The standard InChI is InChI=1S/C13H20N2OS2/c1-3-4-11-13(16)15(6-8-17-2)12(14-11)10-5-7-18-9-10/h5,7,9,11-12,14H,3-4,6,8H2,1-2H3. The third kappa shape index (κ3) is 2.90. The molecule has 0 saturated carbocycles. The Morgan fingerprint density at radius 1 is 1.56 bits per heavy atom. The number of nitrogens with one attached hydrogen (secondary N) is 1. The van der Waals surface area contributed by atoms with Crippen molar-refractivity contribution < 1.29 is 4.79 Å². The first-order valence-corrected chi connectivity index (χ1v) is 8.69. The molecule has 2 unspecified atom stereocenters. The van der Waals surface area contributed by atoms with Crippen molar-refractivity contribution >= 4 is 29.0 Å². The zero-order valence-corrected chi connectivity index (χ0v) is 12.5. The summed E-state index contributed by atoms with van der Waals surface area (Å²) >= 11 is 3.47. The second-order valence-corrected chi connectivity index (χ2v) is 6.26. The Labute approximate surface area is 117 Å². The largest absolute Gasteiger partial charge is 0.321 e. The van der Waals surface area contributed by atoms with Gasteiger partial charge in [-0.1, -0.05) is 13.3 Å². The third-order valence-electron chi connectivity index (χ3n) is 3.22. The van der Waals surface area contributed by atoms with Crippen LogP contribution in [-0.4, -0.2) is 35.4 Å². The third-order valence-corrected chi connectivity index (χ3v) is 4.52. The predicted octanol–water partition coefficient (Wildman–Crippen LogP) is 2.71. The van der Waals surface area contributed by atoms with Crippen molar-refractivity contribution in [2.75, 3.05) is 18.6 Å². The highest BCUT2D eigenvalue weighted by Crippen LogP contribution is 2.28. The fourth-order valence-corrected chi connectivity index (χ4v) is 3.37. The molecule has 2 atom stereocenters. The number of thioether (sulfide) groups is 1. The van der Waals surface area contributed by atoms with Crippen LogP contribution in [-0.2, 0) is 4.79 Å². The van der Waals surface area contributed by atoms with Gasteiger partial charge in [-0.3, -0.25) is 10.1 Å². The lowest BCUT2D eigenvalue weighted by atomic mass is 10.2. The molecule has 0 aromatic carbocycles. The highest BCUT2D eigenvalue weighted by molar-refractivity contribution is 7.98. The minimum atomic E-state index is 0.00163. The van der Waals surface area contributed by atoms with Gasteiger partial charge in [-0.25, -0.2) is 0 Å². The zero-order valence-electron chi connectivity index (χ0n) is 10.9. The molecule has 1 aliphatic heterocycles. The van der Waals surface area contributed by atoms with Crippen LogP contribution in [0.25, 0.3) is 0 Å². The van der Waals surface area contributed by atoms with Gasteiger partial charge >= 0.3 is 0 Å². The second-order valence-electron chi connectivity index (χ2n) is 4.49. The van der Waals surface area contributed by atoms with Crippen LogP contribution in [0.5, 0.6) is 0 Å². The summed E-state index contributed by atoms with van der Waals surface area (Å²) in [6.07, 6.45) is 4.12. The molecule has 1 aliphatic rings. The van der Waals surface area contributed by atoms with Crippen LogP contribution in [0.4, 0.5) is 0 Å². The Balaban J connectivity index is 2.12. The molecule has 1 fully saturated rings. The fraction of sp³-hybridized carbons (Fsp3) is 0.615. The van der Waals surface area contributed by atoms with Crippen LogP contribution >= 0.6 is 23.1 Å². The topological polar surface area (TPSA) is 32.3 Å². The summed E-state index contributed by atoms with van der Waals surface area (Å²) < 4.78 is 0. The minimum Gasteiger partial charge on any atom is -0.321 e. The Kier molecular flexibility index (Phi) is 5.09. The van der Waals surface area contributed by atoms with Gasteiger partial charge in [0.1, 0.15) is 6.17 Å². The second kappa shape index (κ2) is 6.59. The van der Waals surface area contributed by atoms with E-state index in [-0.39, 0.29) is 18.1 Å². The number of carbonyl (C=O) groups is 1. The Hall–Kier alpha value is -0.520. The molecular weight excluding hydrogens is 264 g/mol. The lowest BCUT2D eigenvalue weighted by molar-refractivity contribution is -0.130. The lowest BCUT2D eigenvalue weighted by Crippen LogP contribution is -2.32. The minimum absolute atomic E-state index is 0.00163. The molecule has 2 rings (SSSR count). The average Bonchev–Trinajstić information content (AvgIpc) is 2.97. The molecule has 0 spiro atoms. The van der Waals surface area contributed by atoms with Gasteiger partial charge in [-0.05, 0) is 35.1 Å². The van der Waals surface area contributed by atoms with Crippen molar-refractivity contribution in [1.29, 1.82) is 0 Å². The first-order chi connectivity index (χ1) is 8.77. The Bertz CT molecular complexity index is 380. The van der Waals surface area contributed by atoms with Gasteiger partial charge in [0, 0.05) is 12.3 Å². The van der Waals surface area contributed by atoms with E-state index in [0.717, 1.165) is 25.1 Å². The Morgan fingerprint density at radius 3 is 3.00 bits per heavy atom. The molecule has 100 valence electrons. The number of rotatable bonds is 6. The van der Waals surface area contributed by atoms with Gasteiger partial charge < -0.3 is 4.90 Å². The van der Waals surface area contributed by atoms with E-state index in [1.807, 2.05) is 4.90 Å². The van der Waals surface area contributed by atoms with Crippen molar-refractivity contribution in [3.8, 4) is 0 Å². The molecule has 18 heavy (non-hydrogen) atoms. The molecule has 1 N–H and O–H groups in total. The van der Waals surface area contributed by atoms with E-state index in [1.54, 1.807) is 23.1 Å². The van der Waals surface area contributed by atoms with Crippen molar-refractivity contribution in [3.63, 3.8) is 0 Å². The normalized spacial score (nSPS) is 23.9. The van der Waals surface area contributed by atoms with Gasteiger partial charge in [0.05, 0.1) is 6.04 Å². The number of hydrogen-bond donors (Lipinski definition) is 1. The smallest absolute Gasteiger partial charge is 0.241 e. The number of amides is 1. The molecule has 1 aromatic rings. The first-order valence-electron chi connectivity index (χ1n) is 6.35. The van der Waals surface area contributed by atoms with E-state index in [0.29, 0.717) is 0 Å². The van der Waals surface area contributed by atoms with Crippen LogP contribution in [0, 0.1) is 0 Å². The van der Waals surface area contributed by atoms with Crippen LogP contribution in [0.1, 0.15) is 31.5 Å². The molecule has 1 amide bonds. The highest BCUT2D eigenvalue weighted by atomic mass is 32.2. The van der Waals surface area contributed by atoms with Gasteiger partial charge in [-0.15, -0.1) is 0 Å². The molecule has 0 bridgehead atoms. The first kappa shape index (κ1) is 13.9. The average molecular weight is 284 g/mol. The van der Waals surface area contributed by atoms with E-state index < -0.39 is 0 Å². The molecule has 1 saturated heterocycles. The van der Waals surface area contributed by atoms with Crippen LogP contribution < -0.4 is 5.32 Å². The van der Waals surface area contributed by atoms with Crippen LogP contribution in [0.2, 0.25) is 0 Å². The van der Waals surface area contributed by atoms with Gasteiger partial charge in [0.15, 0.2) is 0 Å². The number of nitrogens with zero attached hydrogens (tertiary/aromatic N) is 1. The van der Waals surface area contributed by atoms with Crippen LogP contribution in [0.15, 0.2) is 16.8 Å². The summed E-state index contributed by atoms with van der Waals surface area (Å²) in [5, 5.41) is 7.68. The van der Waals surface area contributed by atoms with E-state index in [4.69, 9.17) is 0 Å². The summed E-state index contributed by atoms with van der Waals surface area (Å²) in [5.74, 6) is 1.26. The molecular formula is C13H20N2OS2. The quantitative estimate of drug-likeness (QED) is 0.872. The van der Waals surface area contributed by atoms with E-state index in [1.165, 1.54) is 5.56 Å². The lowest BCUT2D eigenvalue weighted by Gasteiger charge is -2.23. The summed E-state index contributed by atoms with van der Waals surface area (Å²) in [4.78, 5) is 14.4. The van der Waals surface area contributed by atoms with Gasteiger partial charge in [-0.2, -0.15) is 23.1 Å². The van der Waals surface area contributed by atoms with Crippen molar-refractivity contribution in [2.45, 2.75) is 32.0 Å². The molecule has 3 nitrogen and oxygen atoms in total. The van der Waals surface area contributed by atoms with Crippen molar-refractivity contribution in [1.82, 2.24) is 10.2 Å². The van der Waals surface area contributed by atoms with Crippen molar-refractivity contribution in [2.24, 2.45) is 0 Å². The highest BCUT2D eigenvalue weighted by Gasteiger charge is 2.38. The molecule has 0 radical (unpaired) electrons. The maximum absolute atomic E-state index is 12.4. The summed E-state index contributed by atoms with van der Waals surface area (Å²) in [5.41, 5.74) is 1.22. The summed E-state index contributed by atoms with van der Waals surface area (Å²) in [6.45, 7) is 2.95. The Morgan fingerprint density at radius 2 is 2.39 bits per heavy atom. The zero-order chi connectivity index (χ0) is 13.0. The van der Waals surface area contributed by atoms with Crippen molar-refractivity contribution in [3.05, 3.63) is 22.4 Å². The molecule has 2 heterocycles. The molecule has 5 heteroatoms. The van der Waals surface area contributed by atoms with Crippen LogP contribution in [0.3, 0.4) is 0 Å². The maximum atomic E-state index is 12.4.